The summed E-state index contributed by atoms with van der Waals surface area (Å²) in [6.07, 6.45) is 8.33. The Kier molecular flexibility index (Phi) is 6.21. The maximum absolute atomic E-state index is 13.2. The van der Waals surface area contributed by atoms with Gasteiger partial charge in [0.15, 0.2) is 0 Å². The number of amides is 2. The molecule has 2 fully saturated rings. The van der Waals surface area contributed by atoms with E-state index in [2.05, 4.69) is 29.5 Å². The van der Waals surface area contributed by atoms with E-state index >= 15 is 0 Å². The average molecular weight is 409 g/mol. The number of carbonyl (C=O) groups is 2. The number of pyridine rings is 1. The van der Waals surface area contributed by atoms with E-state index in [0.29, 0.717) is 38.6 Å². The van der Waals surface area contributed by atoms with E-state index in [0.717, 1.165) is 17.0 Å². The van der Waals surface area contributed by atoms with Gasteiger partial charge in [-0.15, -0.1) is 0 Å². The van der Waals surface area contributed by atoms with Gasteiger partial charge in [0, 0.05) is 55.5 Å². The highest BCUT2D eigenvalue weighted by Crippen LogP contribution is 2.32. The number of aromatic nitrogens is 2. The third-order valence-electron chi connectivity index (χ3n) is 6.63. The molecule has 30 heavy (non-hydrogen) atoms. The molecule has 1 aliphatic carbocycles. The molecule has 6 nitrogen and oxygen atoms in total. The predicted octanol–water partition coefficient (Wildman–Crippen LogP) is 3.53. The van der Waals surface area contributed by atoms with Crippen molar-refractivity contribution in [3.63, 3.8) is 0 Å². The molecule has 4 rings (SSSR count). The zero-order chi connectivity index (χ0) is 21.1. The molecule has 2 aromatic rings. The number of hydrogen-bond acceptors (Lipinski definition) is 3. The van der Waals surface area contributed by atoms with Crippen LogP contribution in [0.15, 0.2) is 30.5 Å². The Morgan fingerprint density at radius 2 is 1.70 bits per heavy atom. The van der Waals surface area contributed by atoms with Crippen molar-refractivity contribution in [1.82, 2.24) is 19.4 Å². The van der Waals surface area contributed by atoms with E-state index in [1.165, 1.54) is 37.8 Å². The van der Waals surface area contributed by atoms with Gasteiger partial charge >= 0.3 is 0 Å². The molecule has 0 radical (unpaired) electrons. The highest BCUT2D eigenvalue weighted by molar-refractivity contribution is 5.96. The Morgan fingerprint density at radius 3 is 2.37 bits per heavy atom. The Morgan fingerprint density at radius 1 is 1.00 bits per heavy atom. The first-order valence-corrected chi connectivity index (χ1v) is 11.2. The van der Waals surface area contributed by atoms with Gasteiger partial charge in [0.05, 0.1) is 12.0 Å². The van der Waals surface area contributed by atoms with Gasteiger partial charge in [-0.25, -0.2) is 0 Å². The second-order valence-corrected chi connectivity index (χ2v) is 8.62. The lowest BCUT2D eigenvalue weighted by molar-refractivity contribution is -0.132. The molecular formula is C24H32N4O2. The molecule has 1 saturated carbocycles. The highest BCUT2D eigenvalue weighted by Gasteiger charge is 2.28. The molecule has 0 aromatic carbocycles. The van der Waals surface area contributed by atoms with Gasteiger partial charge in [-0.2, -0.15) is 0 Å². The van der Waals surface area contributed by atoms with Crippen LogP contribution < -0.4 is 0 Å². The second-order valence-electron chi connectivity index (χ2n) is 8.62. The van der Waals surface area contributed by atoms with Crippen LogP contribution in [0.1, 0.15) is 65.6 Å². The van der Waals surface area contributed by atoms with E-state index in [1.807, 2.05) is 28.0 Å². The molecule has 2 amide bonds. The summed E-state index contributed by atoms with van der Waals surface area (Å²) < 4.78 is 2.39. The summed E-state index contributed by atoms with van der Waals surface area (Å²) >= 11 is 0. The first-order valence-electron chi connectivity index (χ1n) is 11.2. The van der Waals surface area contributed by atoms with Crippen molar-refractivity contribution in [2.24, 2.45) is 0 Å². The summed E-state index contributed by atoms with van der Waals surface area (Å²) in [5, 5.41) is 0. The zero-order valence-electron chi connectivity index (χ0n) is 18.1. The Labute approximate surface area is 178 Å². The van der Waals surface area contributed by atoms with Crippen molar-refractivity contribution in [3.05, 3.63) is 53.1 Å². The lowest BCUT2D eigenvalue weighted by atomic mass is 9.95. The first-order chi connectivity index (χ1) is 14.5. The lowest BCUT2D eigenvalue weighted by Crippen LogP contribution is -2.51. The van der Waals surface area contributed by atoms with Crippen molar-refractivity contribution >= 4 is 11.8 Å². The molecule has 0 spiro atoms. The van der Waals surface area contributed by atoms with Gasteiger partial charge in [-0.3, -0.25) is 14.6 Å². The highest BCUT2D eigenvalue weighted by atomic mass is 16.2. The number of rotatable bonds is 4. The lowest BCUT2D eigenvalue weighted by Gasteiger charge is -2.35. The third kappa shape index (κ3) is 4.27. The molecule has 1 aliphatic heterocycles. The van der Waals surface area contributed by atoms with Gasteiger partial charge in [0.25, 0.3) is 5.91 Å². The molecule has 160 valence electrons. The van der Waals surface area contributed by atoms with Gasteiger partial charge in [-0.1, -0.05) is 25.3 Å². The fraction of sp³-hybridized carbons (Fsp3) is 0.542. The largest absolute Gasteiger partial charge is 0.345 e. The standard InChI is InChI=1S/C24H32N4O2/c1-18-16-22(19(2)28(18)21-9-4-3-5-10-21)24(30)27-14-12-26(13-15-27)23(29)17-20-8-6-7-11-25-20/h6-8,11,16,21H,3-5,9-10,12-15,17H2,1-2H3. The summed E-state index contributed by atoms with van der Waals surface area (Å²) in [5.74, 6) is 0.179. The van der Waals surface area contributed by atoms with Crippen LogP contribution in [0.3, 0.4) is 0 Å². The molecule has 0 atom stereocenters. The predicted molar refractivity (Wildman–Crippen MR) is 116 cm³/mol. The Hall–Kier alpha value is -2.63. The fourth-order valence-electron chi connectivity index (χ4n) is 4.99. The first kappa shape index (κ1) is 20.6. The van der Waals surface area contributed by atoms with Crippen LogP contribution in [0.4, 0.5) is 0 Å². The van der Waals surface area contributed by atoms with E-state index in [4.69, 9.17) is 0 Å². The smallest absolute Gasteiger partial charge is 0.255 e. The normalized spacial score (nSPS) is 17.9. The minimum absolute atomic E-state index is 0.0799. The van der Waals surface area contributed by atoms with Crippen molar-refractivity contribution in [2.45, 2.75) is 58.4 Å². The molecule has 0 bridgehead atoms. The maximum atomic E-state index is 13.2. The summed E-state index contributed by atoms with van der Waals surface area (Å²) in [6, 6.07) is 8.21. The van der Waals surface area contributed by atoms with Crippen molar-refractivity contribution in [1.29, 1.82) is 0 Å². The minimum Gasteiger partial charge on any atom is -0.345 e. The summed E-state index contributed by atoms with van der Waals surface area (Å²) in [7, 11) is 0. The quantitative estimate of drug-likeness (QED) is 0.778. The summed E-state index contributed by atoms with van der Waals surface area (Å²) in [4.78, 5) is 33.8. The molecule has 1 saturated heterocycles. The average Bonchev–Trinajstić information content (AvgIpc) is 3.08. The van der Waals surface area contributed by atoms with Crippen molar-refractivity contribution in [2.75, 3.05) is 26.2 Å². The summed E-state index contributed by atoms with van der Waals surface area (Å²) in [5.41, 5.74) is 3.90. The van der Waals surface area contributed by atoms with Crippen LogP contribution in [0.25, 0.3) is 0 Å². The van der Waals surface area contributed by atoms with E-state index < -0.39 is 0 Å². The molecule has 2 aliphatic rings. The van der Waals surface area contributed by atoms with Crippen LogP contribution in [-0.4, -0.2) is 57.3 Å². The molecule has 0 unspecified atom stereocenters. The summed E-state index contributed by atoms with van der Waals surface area (Å²) in [6.45, 7) is 6.53. The van der Waals surface area contributed by atoms with Crippen LogP contribution in [-0.2, 0) is 11.2 Å². The number of aryl methyl sites for hydroxylation is 1. The van der Waals surface area contributed by atoms with E-state index in [9.17, 15) is 9.59 Å². The Balaban J connectivity index is 1.38. The van der Waals surface area contributed by atoms with Gasteiger partial charge in [-0.05, 0) is 44.9 Å². The van der Waals surface area contributed by atoms with Crippen LogP contribution in [0.2, 0.25) is 0 Å². The SMILES string of the molecule is Cc1cc(C(=O)N2CCN(C(=O)Cc3ccccn3)CC2)c(C)n1C1CCCCC1. The van der Waals surface area contributed by atoms with E-state index in [1.54, 1.807) is 6.20 Å². The molecule has 3 heterocycles. The molecule has 6 heteroatoms. The van der Waals surface area contributed by atoms with Gasteiger partial charge in [0.1, 0.15) is 0 Å². The topological polar surface area (TPSA) is 58.4 Å². The molecule has 2 aromatic heterocycles. The molecule has 0 N–H and O–H groups in total. The molecular weight excluding hydrogens is 376 g/mol. The van der Waals surface area contributed by atoms with Crippen LogP contribution in [0.5, 0.6) is 0 Å². The van der Waals surface area contributed by atoms with E-state index in [-0.39, 0.29) is 11.8 Å². The number of hydrogen-bond donors (Lipinski definition) is 0. The number of nitrogens with zero attached hydrogens (tertiary/aromatic N) is 4. The maximum Gasteiger partial charge on any atom is 0.255 e. The number of piperazine rings is 1. The monoisotopic (exact) mass is 408 g/mol. The van der Waals surface area contributed by atoms with Crippen molar-refractivity contribution in [3.8, 4) is 0 Å². The Bertz CT molecular complexity index is 891. The van der Waals surface area contributed by atoms with Crippen LogP contribution in [0, 0.1) is 13.8 Å². The van der Waals surface area contributed by atoms with Gasteiger partial charge in [0.2, 0.25) is 5.91 Å². The minimum atomic E-state index is 0.0799. The second kappa shape index (κ2) is 9.02. The third-order valence-corrected chi connectivity index (χ3v) is 6.63. The number of carbonyl (C=O) groups excluding carboxylic acids is 2. The fourth-order valence-corrected chi connectivity index (χ4v) is 4.99. The van der Waals surface area contributed by atoms with Gasteiger partial charge < -0.3 is 14.4 Å². The van der Waals surface area contributed by atoms with Crippen molar-refractivity contribution < 1.29 is 9.59 Å². The zero-order valence-corrected chi connectivity index (χ0v) is 18.1. The van der Waals surface area contributed by atoms with Crippen LogP contribution >= 0.6 is 0 Å².